The van der Waals surface area contributed by atoms with Crippen molar-refractivity contribution >= 4 is 21.9 Å². The van der Waals surface area contributed by atoms with Gasteiger partial charge in [0.05, 0.1) is 16.7 Å². The first-order valence-corrected chi connectivity index (χ1v) is 14.7. The van der Waals surface area contributed by atoms with Crippen LogP contribution in [0.15, 0.2) is 48.5 Å². The van der Waals surface area contributed by atoms with Crippen molar-refractivity contribution in [3.8, 4) is 0 Å². The lowest BCUT2D eigenvalue weighted by atomic mass is 9.87. The molecular formula is C34H46N4. The van der Waals surface area contributed by atoms with Crippen LogP contribution < -0.4 is 5.32 Å². The number of benzene rings is 2. The molecule has 1 saturated carbocycles. The number of rotatable bonds is 11. The summed E-state index contributed by atoms with van der Waals surface area (Å²) in [6.45, 7) is 16.8. The van der Waals surface area contributed by atoms with E-state index in [1.807, 2.05) is 0 Å². The van der Waals surface area contributed by atoms with Gasteiger partial charge in [0.15, 0.2) is 0 Å². The van der Waals surface area contributed by atoms with Gasteiger partial charge < -0.3 is 9.88 Å². The molecule has 0 bridgehead atoms. The van der Waals surface area contributed by atoms with Gasteiger partial charge in [0.25, 0.3) is 0 Å². The average molecular weight is 511 g/mol. The highest BCUT2D eigenvalue weighted by molar-refractivity contribution is 6.03. The van der Waals surface area contributed by atoms with Crippen molar-refractivity contribution in [2.24, 2.45) is 16.7 Å². The first-order chi connectivity index (χ1) is 18.1. The number of pyridine rings is 1. The zero-order valence-corrected chi connectivity index (χ0v) is 24.4. The van der Waals surface area contributed by atoms with Crippen molar-refractivity contribution < 1.29 is 0 Å². The highest BCUT2D eigenvalue weighted by Gasteiger charge is 2.37. The fraction of sp³-hybridized carbons (Fsp3) is 0.529. The van der Waals surface area contributed by atoms with E-state index in [-0.39, 0.29) is 5.41 Å². The molecular weight excluding hydrogens is 464 g/mol. The average Bonchev–Trinajstić information content (AvgIpc) is 3.67. The van der Waals surface area contributed by atoms with Gasteiger partial charge in [-0.1, -0.05) is 90.4 Å². The normalized spacial score (nSPS) is 14.6. The number of aryl methyl sites for hydroxylation is 1. The minimum absolute atomic E-state index is 0.146. The summed E-state index contributed by atoms with van der Waals surface area (Å²) in [7, 11) is 0. The van der Waals surface area contributed by atoms with Crippen LogP contribution in [-0.4, -0.2) is 21.1 Å². The zero-order valence-electron chi connectivity index (χ0n) is 24.4. The molecule has 0 radical (unpaired) electrons. The van der Waals surface area contributed by atoms with Gasteiger partial charge >= 0.3 is 0 Å². The smallest absolute Gasteiger partial charge is 0.111 e. The maximum atomic E-state index is 5.27. The molecule has 202 valence electrons. The topological polar surface area (TPSA) is 42.7 Å². The number of imidazole rings is 1. The highest BCUT2D eigenvalue weighted by Crippen LogP contribution is 2.44. The molecule has 1 aliphatic carbocycles. The van der Waals surface area contributed by atoms with E-state index in [0.717, 1.165) is 68.0 Å². The van der Waals surface area contributed by atoms with Gasteiger partial charge in [-0.15, -0.1) is 0 Å². The number of para-hydroxylation sites is 1. The quantitative estimate of drug-likeness (QED) is 0.222. The third kappa shape index (κ3) is 6.12. The predicted molar refractivity (Wildman–Crippen MR) is 161 cm³/mol. The van der Waals surface area contributed by atoms with E-state index < -0.39 is 0 Å². The molecule has 2 aromatic heterocycles. The molecule has 1 fully saturated rings. The third-order valence-electron chi connectivity index (χ3n) is 8.14. The third-order valence-corrected chi connectivity index (χ3v) is 8.14. The van der Waals surface area contributed by atoms with Gasteiger partial charge in [0.2, 0.25) is 0 Å². The summed E-state index contributed by atoms with van der Waals surface area (Å²) in [4.78, 5) is 10.4. The molecule has 1 aliphatic rings. The molecule has 4 heteroatoms. The van der Waals surface area contributed by atoms with Crippen LogP contribution in [-0.2, 0) is 25.9 Å². The minimum Gasteiger partial charge on any atom is -0.323 e. The Morgan fingerprint density at radius 2 is 1.63 bits per heavy atom. The van der Waals surface area contributed by atoms with Gasteiger partial charge in [-0.25, -0.2) is 4.98 Å². The van der Waals surface area contributed by atoms with Crippen molar-refractivity contribution in [3.63, 3.8) is 0 Å². The second kappa shape index (κ2) is 10.8. The Kier molecular flexibility index (Phi) is 7.64. The number of fused-ring (bicyclic) bond motifs is 3. The van der Waals surface area contributed by atoms with Crippen LogP contribution >= 0.6 is 0 Å². The van der Waals surface area contributed by atoms with Crippen molar-refractivity contribution in [3.05, 3.63) is 71.2 Å². The van der Waals surface area contributed by atoms with Gasteiger partial charge in [0.1, 0.15) is 11.3 Å². The van der Waals surface area contributed by atoms with E-state index in [0.29, 0.717) is 5.41 Å². The van der Waals surface area contributed by atoms with Crippen LogP contribution in [0, 0.1) is 16.7 Å². The lowest BCUT2D eigenvalue weighted by Gasteiger charge is -2.24. The van der Waals surface area contributed by atoms with Crippen molar-refractivity contribution in [2.75, 3.05) is 6.54 Å². The Labute approximate surface area is 229 Å². The molecule has 38 heavy (non-hydrogen) atoms. The monoisotopic (exact) mass is 510 g/mol. The van der Waals surface area contributed by atoms with E-state index in [9.17, 15) is 0 Å². The van der Waals surface area contributed by atoms with Crippen molar-refractivity contribution in [2.45, 2.75) is 93.2 Å². The summed E-state index contributed by atoms with van der Waals surface area (Å²) >= 11 is 0. The predicted octanol–water partition coefficient (Wildman–Crippen LogP) is 8.09. The van der Waals surface area contributed by atoms with Crippen LogP contribution in [0.1, 0.15) is 89.9 Å². The van der Waals surface area contributed by atoms with Gasteiger partial charge in [0, 0.05) is 31.4 Å². The number of nitrogens with one attached hydrogen (secondary N) is 1. The Morgan fingerprint density at radius 3 is 2.32 bits per heavy atom. The molecule has 2 aromatic carbocycles. The molecule has 0 aliphatic heterocycles. The van der Waals surface area contributed by atoms with Crippen LogP contribution in [0.2, 0.25) is 0 Å². The first-order valence-electron chi connectivity index (χ1n) is 14.7. The second-order valence-electron chi connectivity index (χ2n) is 13.4. The second-order valence-corrected chi connectivity index (χ2v) is 13.4. The summed E-state index contributed by atoms with van der Waals surface area (Å²) in [5, 5.41) is 4.91. The van der Waals surface area contributed by atoms with Crippen LogP contribution in [0.3, 0.4) is 0 Å². The first kappa shape index (κ1) is 26.9. The number of aromatic nitrogens is 3. The molecule has 2 heterocycles. The molecule has 5 rings (SSSR count). The maximum absolute atomic E-state index is 5.27. The Bertz CT molecular complexity index is 1380. The van der Waals surface area contributed by atoms with Crippen molar-refractivity contribution in [1.82, 2.24) is 19.9 Å². The lowest BCUT2D eigenvalue weighted by Crippen LogP contribution is -2.30. The summed E-state index contributed by atoms with van der Waals surface area (Å²) in [6, 6.07) is 17.8. The minimum atomic E-state index is 0.146. The van der Waals surface area contributed by atoms with E-state index in [1.54, 1.807) is 0 Å². The fourth-order valence-corrected chi connectivity index (χ4v) is 5.75. The molecule has 4 nitrogen and oxygen atoms in total. The highest BCUT2D eigenvalue weighted by atomic mass is 15.1. The lowest BCUT2D eigenvalue weighted by molar-refractivity contribution is 0.291. The summed E-state index contributed by atoms with van der Waals surface area (Å²) in [6.07, 6.45) is 7.01. The molecule has 0 spiro atoms. The fourth-order valence-electron chi connectivity index (χ4n) is 5.75. The molecule has 0 unspecified atom stereocenters. The molecule has 0 atom stereocenters. The summed E-state index contributed by atoms with van der Waals surface area (Å²) in [5.74, 6) is 2.09. The zero-order chi connectivity index (χ0) is 26.9. The number of nitrogens with zero attached hydrogens (tertiary/aromatic N) is 3. The summed E-state index contributed by atoms with van der Waals surface area (Å²) < 4.78 is 2.48. The Morgan fingerprint density at radius 1 is 0.921 bits per heavy atom. The van der Waals surface area contributed by atoms with Crippen LogP contribution in [0.4, 0.5) is 0 Å². The number of hydrogen-bond donors (Lipinski definition) is 1. The van der Waals surface area contributed by atoms with E-state index in [2.05, 4.69) is 100.0 Å². The Balaban J connectivity index is 1.46. The van der Waals surface area contributed by atoms with Gasteiger partial charge in [-0.3, -0.25) is 4.98 Å². The molecule has 0 amide bonds. The van der Waals surface area contributed by atoms with E-state index >= 15 is 0 Å². The van der Waals surface area contributed by atoms with Gasteiger partial charge in [-0.2, -0.15) is 0 Å². The van der Waals surface area contributed by atoms with Gasteiger partial charge in [-0.05, 0) is 59.6 Å². The van der Waals surface area contributed by atoms with Crippen LogP contribution in [0.25, 0.3) is 21.9 Å². The maximum Gasteiger partial charge on any atom is 0.111 e. The molecule has 1 N–H and O–H groups in total. The molecule has 0 saturated heterocycles. The standard InChI is InChI=1S/C34H46N4/c1-7-8-13-30-37-31-29(20-33(2,3)4)36-28-12-10-9-11-27(28)32(31)38(30)22-25-16-14-24(15-17-25)21-35-23-34(5,6)26-18-19-26/h9-12,14-17,26,35H,7-8,13,18-23H2,1-6H3. The molecule has 4 aromatic rings. The van der Waals surface area contributed by atoms with Crippen LogP contribution in [0.5, 0.6) is 0 Å². The Hall–Kier alpha value is -2.72. The largest absolute Gasteiger partial charge is 0.323 e. The van der Waals surface area contributed by atoms with E-state index in [4.69, 9.17) is 9.97 Å². The van der Waals surface area contributed by atoms with Crippen molar-refractivity contribution in [1.29, 1.82) is 0 Å². The van der Waals surface area contributed by atoms with E-state index in [1.165, 1.54) is 40.7 Å². The SMILES string of the molecule is CCCCc1nc2c(CC(C)(C)C)nc3ccccc3c2n1Cc1ccc(CNCC(C)(C)C2CC2)cc1. The number of unbranched alkanes of at least 4 members (excludes halogenated alkanes) is 1. The number of hydrogen-bond acceptors (Lipinski definition) is 3. The summed E-state index contributed by atoms with van der Waals surface area (Å²) in [5.41, 5.74) is 7.74.